The molecule has 25 heavy (non-hydrogen) atoms. The molecule has 1 aromatic carbocycles. The largest absolute Gasteiger partial charge is 0.290 e. The summed E-state index contributed by atoms with van der Waals surface area (Å²) in [5.41, 5.74) is 3.00. The van der Waals surface area contributed by atoms with Crippen molar-refractivity contribution in [2.45, 2.75) is 38.9 Å². The van der Waals surface area contributed by atoms with Gasteiger partial charge in [0.2, 0.25) is 0 Å². The number of hydrogen-bond acceptors (Lipinski definition) is 3. The fourth-order valence-electron chi connectivity index (χ4n) is 3.20. The van der Waals surface area contributed by atoms with Crippen molar-refractivity contribution in [2.24, 2.45) is 0 Å². The van der Waals surface area contributed by atoms with E-state index in [4.69, 9.17) is 0 Å². The van der Waals surface area contributed by atoms with Crippen molar-refractivity contribution in [1.29, 1.82) is 0 Å². The van der Waals surface area contributed by atoms with Crippen molar-refractivity contribution >= 4 is 5.65 Å². The van der Waals surface area contributed by atoms with E-state index in [1.165, 1.54) is 6.07 Å². The van der Waals surface area contributed by atoms with E-state index in [1.807, 2.05) is 31.2 Å². The Balaban J connectivity index is 1.65. The lowest BCUT2D eigenvalue weighted by atomic mass is 10.2. The molecule has 1 aliphatic carbocycles. The summed E-state index contributed by atoms with van der Waals surface area (Å²) in [6, 6.07) is 12.7. The van der Waals surface area contributed by atoms with Gasteiger partial charge in [-0.15, -0.1) is 0 Å². The summed E-state index contributed by atoms with van der Waals surface area (Å²) in [6.07, 6.45) is 3.96. The first-order valence-electron chi connectivity index (χ1n) is 8.57. The molecular weight excluding hydrogens is 317 g/mol. The Morgan fingerprint density at radius 3 is 2.76 bits per heavy atom. The van der Waals surface area contributed by atoms with Crippen molar-refractivity contribution < 1.29 is 4.39 Å². The van der Waals surface area contributed by atoms with Gasteiger partial charge in [-0.1, -0.05) is 24.3 Å². The topological polar surface area (TPSA) is 37.6 Å². The maximum atomic E-state index is 14.0. The summed E-state index contributed by atoms with van der Waals surface area (Å²) >= 11 is 0. The van der Waals surface area contributed by atoms with Crippen LogP contribution in [0, 0.1) is 12.7 Å². The van der Waals surface area contributed by atoms with Gasteiger partial charge in [0, 0.05) is 37.0 Å². The molecule has 5 heteroatoms. The van der Waals surface area contributed by atoms with E-state index in [9.17, 15) is 9.18 Å². The SMILES string of the molecule is Cc1cccn2c(=O)cc(CN(Cc3ccccc3F)C3CC3)nc12. The molecule has 0 atom stereocenters. The Morgan fingerprint density at radius 2 is 2.00 bits per heavy atom. The van der Waals surface area contributed by atoms with Crippen LogP contribution in [0.5, 0.6) is 0 Å². The minimum Gasteiger partial charge on any atom is -0.290 e. The van der Waals surface area contributed by atoms with Crippen LogP contribution in [0.1, 0.15) is 29.7 Å². The van der Waals surface area contributed by atoms with Crippen molar-refractivity contribution in [3.63, 3.8) is 0 Å². The zero-order chi connectivity index (χ0) is 17.4. The van der Waals surface area contributed by atoms with E-state index < -0.39 is 0 Å². The van der Waals surface area contributed by atoms with Crippen LogP contribution in [0.15, 0.2) is 53.5 Å². The first-order valence-corrected chi connectivity index (χ1v) is 8.57. The third kappa shape index (κ3) is 3.33. The minimum absolute atomic E-state index is 0.0784. The van der Waals surface area contributed by atoms with Crippen molar-refractivity contribution in [3.8, 4) is 0 Å². The molecule has 0 spiro atoms. The van der Waals surface area contributed by atoms with E-state index in [0.29, 0.717) is 30.3 Å². The molecule has 1 aliphatic rings. The number of fused-ring (bicyclic) bond motifs is 1. The summed E-state index contributed by atoms with van der Waals surface area (Å²) in [7, 11) is 0. The van der Waals surface area contributed by atoms with Crippen molar-refractivity contribution in [3.05, 3.63) is 81.7 Å². The lowest BCUT2D eigenvalue weighted by Gasteiger charge is -2.22. The molecule has 1 saturated carbocycles. The molecule has 3 aromatic rings. The summed E-state index contributed by atoms with van der Waals surface area (Å²) in [5, 5.41) is 0. The molecule has 4 rings (SSSR count). The first kappa shape index (κ1) is 16.0. The fourth-order valence-corrected chi connectivity index (χ4v) is 3.20. The standard InChI is InChI=1S/C20H20FN3O/c1-14-5-4-10-24-19(25)11-16(22-20(14)24)13-23(17-8-9-17)12-15-6-2-3-7-18(15)21/h2-7,10-11,17H,8-9,12-13H2,1H3. The highest BCUT2D eigenvalue weighted by atomic mass is 19.1. The average Bonchev–Trinajstić information content (AvgIpc) is 3.42. The van der Waals surface area contributed by atoms with E-state index in [0.717, 1.165) is 24.1 Å². The van der Waals surface area contributed by atoms with Gasteiger partial charge in [-0.2, -0.15) is 0 Å². The Hall–Kier alpha value is -2.53. The predicted molar refractivity (Wildman–Crippen MR) is 94.9 cm³/mol. The zero-order valence-corrected chi connectivity index (χ0v) is 14.2. The second-order valence-electron chi connectivity index (χ2n) is 6.70. The van der Waals surface area contributed by atoms with E-state index >= 15 is 0 Å². The highest BCUT2D eigenvalue weighted by molar-refractivity contribution is 5.46. The van der Waals surface area contributed by atoms with E-state index in [-0.39, 0.29) is 11.4 Å². The van der Waals surface area contributed by atoms with Gasteiger partial charge in [-0.3, -0.25) is 14.1 Å². The predicted octanol–water partition coefficient (Wildman–Crippen LogP) is 3.31. The Labute approximate surface area is 145 Å². The lowest BCUT2D eigenvalue weighted by Crippen LogP contribution is -2.27. The van der Waals surface area contributed by atoms with Gasteiger partial charge in [0.15, 0.2) is 0 Å². The third-order valence-corrected chi connectivity index (χ3v) is 4.70. The summed E-state index contributed by atoms with van der Waals surface area (Å²) in [6.45, 7) is 3.04. The normalized spacial score (nSPS) is 14.4. The van der Waals surface area contributed by atoms with Gasteiger partial charge in [-0.25, -0.2) is 9.37 Å². The van der Waals surface area contributed by atoms with Crippen LogP contribution in [0.3, 0.4) is 0 Å². The van der Waals surface area contributed by atoms with Crippen LogP contribution in [-0.4, -0.2) is 20.3 Å². The quantitative estimate of drug-likeness (QED) is 0.717. The molecule has 0 amide bonds. The second kappa shape index (κ2) is 6.41. The number of benzene rings is 1. The van der Waals surface area contributed by atoms with Crippen molar-refractivity contribution in [1.82, 2.24) is 14.3 Å². The van der Waals surface area contributed by atoms with Crippen LogP contribution in [0.4, 0.5) is 4.39 Å². The molecule has 128 valence electrons. The number of nitrogens with zero attached hydrogens (tertiary/aromatic N) is 3. The van der Waals surface area contributed by atoms with Crippen LogP contribution < -0.4 is 5.56 Å². The Morgan fingerprint density at radius 1 is 1.20 bits per heavy atom. The molecule has 0 aliphatic heterocycles. The number of pyridine rings is 1. The summed E-state index contributed by atoms with van der Waals surface area (Å²) in [5.74, 6) is -0.185. The van der Waals surface area contributed by atoms with Gasteiger partial charge in [-0.05, 0) is 37.5 Å². The number of aromatic nitrogens is 2. The van der Waals surface area contributed by atoms with Crippen LogP contribution in [-0.2, 0) is 13.1 Å². The zero-order valence-electron chi connectivity index (χ0n) is 14.2. The van der Waals surface area contributed by atoms with Gasteiger partial charge in [0.05, 0.1) is 5.69 Å². The van der Waals surface area contributed by atoms with Gasteiger partial charge in [0.1, 0.15) is 11.5 Å². The molecule has 2 aromatic heterocycles. The molecule has 0 N–H and O–H groups in total. The molecule has 0 unspecified atom stereocenters. The highest BCUT2D eigenvalue weighted by Gasteiger charge is 2.30. The molecule has 1 fully saturated rings. The van der Waals surface area contributed by atoms with Gasteiger partial charge < -0.3 is 0 Å². The van der Waals surface area contributed by atoms with E-state index in [1.54, 1.807) is 22.7 Å². The maximum Gasteiger partial charge on any atom is 0.258 e. The van der Waals surface area contributed by atoms with Crippen LogP contribution in [0.25, 0.3) is 5.65 Å². The Kier molecular flexibility index (Phi) is 4.09. The third-order valence-electron chi connectivity index (χ3n) is 4.70. The number of halogens is 1. The van der Waals surface area contributed by atoms with Crippen molar-refractivity contribution in [2.75, 3.05) is 0 Å². The van der Waals surface area contributed by atoms with E-state index in [2.05, 4.69) is 9.88 Å². The minimum atomic E-state index is -0.185. The maximum absolute atomic E-state index is 14.0. The van der Waals surface area contributed by atoms with Gasteiger partial charge >= 0.3 is 0 Å². The molecule has 0 bridgehead atoms. The van der Waals surface area contributed by atoms with Crippen LogP contribution >= 0.6 is 0 Å². The molecule has 0 radical (unpaired) electrons. The molecule has 4 nitrogen and oxygen atoms in total. The summed E-state index contributed by atoms with van der Waals surface area (Å²) in [4.78, 5) is 19.3. The number of rotatable bonds is 5. The number of aryl methyl sites for hydroxylation is 1. The Bertz CT molecular complexity index is 978. The molecule has 0 saturated heterocycles. The summed E-state index contributed by atoms with van der Waals surface area (Å²) < 4.78 is 15.6. The lowest BCUT2D eigenvalue weighted by molar-refractivity contribution is 0.239. The number of hydrogen-bond donors (Lipinski definition) is 0. The first-order chi connectivity index (χ1) is 12.1. The average molecular weight is 337 g/mol. The second-order valence-corrected chi connectivity index (χ2v) is 6.70. The molecule has 2 heterocycles. The highest BCUT2D eigenvalue weighted by Crippen LogP contribution is 2.30. The fraction of sp³-hybridized carbons (Fsp3) is 0.300. The van der Waals surface area contributed by atoms with Gasteiger partial charge in [0.25, 0.3) is 5.56 Å². The monoisotopic (exact) mass is 337 g/mol. The molecular formula is C20H20FN3O. The van der Waals surface area contributed by atoms with Crippen LogP contribution in [0.2, 0.25) is 0 Å². The smallest absolute Gasteiger partial charge is 0.258 e.